The van der Waals surface area contributed by atoms with Crippen molar-refractivity contribution >= 4 is 50.4 Å². The number of hydrogen-bond donors (Lipinski definition) is 3. The fraction of sp³-hybridized carbons (Fsp3) is 0.235. The molecule has 0 atom stereocenters. The minimum Gasteiger partial charge on any atom is -0.481 e. The Morgan fingerprint density at radius 2 is 1.59 bits per heavy atom. The molecule has 0 unspecified atom stereocenters. The van der Waals surface area contributed by atoms with Crippen molar-refractivity contribution in [3.63, 3.8) is 0 Å². The first kappa shape index (κ1) is 22.3. The molecule has 3 N–H and O–H groups in total. The number of aliphatic hydroxyl groups excluding tert-OH is 1. The molecule has 0 aliphatic carbocycles. The molecule has 154 valence electrons. The number of aromatic nitrogens is 6. The van der Waals surface area contributed by atoms with Crippen molar-refractivity contribution in [2.75, 3.05) is 28.4 Å². The van der Waals surface area contributed by atoms with Crippen molar-refractivity contribution in [2.24, 2.45) is 0 Å². The zero-order valence-corrected chi connectivity index (χ0v) is 18.2. The van der Waals surface area contributed by atoms with Crippen LogP contribution in [0.5, 0.6) is 11.8 Å². The van der Waals surface area contributed by atoms with Gasteiger partial charge in [0.25, 0.3) is 0 Å². The van der Waals surface area contributed by atoms with E-state index in [1.807, 2.05) is 6.07 Å². The lowest BCUT2D eigenvalue weighted by Crippen LogP contribution is -2.02. The number of esters is 1. The van der Waals surface area contributed by atoms with Crippen molar-refractivity contribution in [3.05, 3.63) is 33.9 Å². The highest BCUT2D eigenvalue weighted by Gasteiger charge is 2.15. The van der Waals surface area contributed by atoms with Crippen LogP contribution in [0.25, 0.3) is 21.8 Å². The molecule has 4 aromatic heterocycles. The van der Waals surface area contributed by atoms with Gasteiger partial charge in [0, 0.05) is 30.0 Å². The molecule has 0 aliphatic rings. The average Bonchev–Trinajstić information content (AvgIpc) is 3.37. The summed E-state index contributed by atoms with van der Waals surface area (Å²) in [5.74, 6) is 0.547. The van der Waals surface area contributed by atoms with Crippen LogP contribution in [0.15, 0.2) is 24.5 Å². The second-order valence-corrected chi connectivity index (χ2v) is 6.20. The highest BCUT2D eigenvalue weighted by molar-refractivity contribution is 14.1. The van der Waals surface area contributed by atoms with Gasteiger partial charge in [-0.15, -0.1) is 0 Å². The average molecular weight is 514 g/mol. The Kier molecular flexibility index (Phi) is 8.09. The number of pyridine rings is 2. The Balaban J connectivity index is 0.000000194. The summed E-state index contributed by atoms with van der Waals surface area (Å²) in [4.78, 5) is 19.3. The smallest absolute Gasteiger partial charge is 0.359 e. The summed E-state index contributed by atoms with van der Waals surface area (Å²) in [6.45, 7) is 0. The lowest BCUT2D eigenvalue weighted by atomic mass is 10.2. The van der Waals surface area contributed by atoms with E-state index in [1.54, 1.807) is 25.6 Å². The number of aliphatic hydroxyl groups is 1. The van der Waals surface area contributed by atoms with Crippen LogP contribution in [0.2, 0.25) is 0 Å². The monoisotopic (exact) mass is 514 g/mol. The van der Waals surface area contributed by atoms with Gasteiger partial charge in [0.2, 0.25) is 11.8 Å². The predicted molar refractivity (Wildman–Crippen MR) is 113 cm³/mol. The maximum atomic E-state index is 11.3. The number of aromatic amines is 2. The summed E-state index contributed by atoms with van der Waals surface area (Å²) in [5.41, 5.74) is 1.75. The van der Waals surface area contributed by atoms with Gasteiger partial charge in [0.1, 0.15) is 9.22 Å². The van der Waals surface area contributed by atoms with Crippen LogP contribution >= 0.6 is 22.6 Å². The lowest BCUT2D eigenvalue weighted by molar-refractivity contribution is 0.0596. The van der Waals surface area contributed by atoms with Crippen LogP contribution in [0.4, 0.5) is 0 Å². The maximum absolute atomic E-state index is 11.3. The van der Waals surface area contributed by atoms with Crippen molar-refractivity contribution in [1.82, 2.24) is 30.4 Å². The van der Waals surface area contributed by atoms with E-state index in [4.69, 9.17) is 14.6 Å². The summed E-state index contributed by atoms with van der Waals surface area (Å²) in [6.07, 6.45) is 3.24. The van der Waals surface area contributed by atoms with Gasteiger partial charge in [-0.05, 0) is 22.6 Å². The van der Waals surface area contributed by atoms with Gasteiger partial charge in [0.15, 0.2) is 5.69 Å². The molecule has 0 aliphatic heterocycles. The summed E-state index contributed by atoms with van der Waals surface area (Å²) in [5, 5.41) is 22.1. The molecule has 0 fully saturated rings. The van der Waals surface area contributed by atoms with E-state index < -0.39 is 5.97 Å². The molecular formula is C17H19IN6O5. The summed E-state index contributed by atoms with van der Waals surface area (Å²) >= 11 is 2.18. The minimum absolute atomic E-state index is 0.230. The van der Waals surface area contributed by atoms with E-state index in [9.17, 15) is 4.79 Å². The van der Waals surface area contributed by atoms with Crippen LogP contribution in [0.3, 0.4) is 0 Å². The molecule has 0 amide bonds. The number of H-pyrrole nitrogens is 2. The molecule has 11 nitrogen and oxygen atoms in total. The van der Waals surface area contributed by atoms with Gasteiger partial charge >= 0.3 is 5.97 Å². The zero-order valence-electron chi connectivity index (χ0n) is 16.1. The third-order valence-corrected chi connectivity index (χ3v) is 4.41. The Morgan fingerprint density at radius 1 is 0.966 bits per heavy atom. The van der Waals surface area contributed by atoms with E-state index in [1.165, 1.54) is 14.2 Å². The number of rotatable bonds is 3. The molecule has 0 aromatic carbocycles. The second kappa shape index (κ2) is 10.5. The number of methoxy groups -OCH3 is 3. The molecule has 4 heterocycles. The number of fused-ring (bicyclic) bond motifs is 2. The summed E-state index contributed by atoms with van der Waals surface area (Å²) in [7, 11) is 5.41. The van der Waals surface area contributed by atoms with Gasteiger partial charge in [-0.2, -0.15) is 10.2 Å². The van der Waals surface area contributed by atoms with Crippen molar-refractivity contribution in [2.45, 2.75) is 0 Å². The van der Waals surface area contributed by atoms with Crippen LogP contribution < -0.4 is 9.47 Å². The second-order valence-electron chi connectivity index (χ2n) is 5.12. The molecular weight excluding hydrogens is 495 g/mol. The number of nitrogens with zero attached hydrogens (tertiary/aromatic N) is 4. The highest BCUT2D eigenvalue weighted by Crippen LogP contribution is 2.20. The van der Waals surface area contributed by atoms with E-state index in [-0.39, 0.29) is 5.69 Å². The molecule has 0 radical (unpaired) electrons. The van der Waals surface area contributed by atoms with E-state index >= 15 is 0 Å². The van der Waals surface area contributed by atoms with E-state index in [0.717, 1.165) is 21.7 Å². The number of ether oxygens (including phenoxy) is 3. The Labute approximate surface area is 178 Å². The summed E-state index contributed by atoms with van der Waals surface area (Å²) < 4.78 is 15.5. The van der Waals surface area contributed by atoms with Crippen LogP contribution in [-0.4, -0.2) is 69.9 Å². The zero-order chi connectivity index (χ0) is 21.4. The first-order valence-corrected chi connectivity index (χ1v) is 9.10. The lowest BCUT2D eigenvalue weighted by Gasteiger charge is -1.98. The van der Waals surface area contributed by atoms with E-state index in [0.29, 0.717) is 22.7 Å². The number of carbonyl (C=O) groups excluding carboxylic acids is 1. The fourth-order valence-electron chi connectivity index (χ4n) is 2.24. The molecule has 4 aromatic rings. The standard InChI is InChI=1S/C9H9N3O3.C7H6IN3O.CH4O/c1-14-7-3-5-6(4-10-7)11-12-8(5)9(13)15-2;1-12-6-2-4-5(3-9-6)10-11-7(4)8;1-2/h3-4H,1-2H3,(H,11,12);2-3H,1H3,(H,10,11);2H,1H3. The van der Waals surface area contributed by atoms with Crippen LogP contribution in [-0.2, 0) is 4.74 Å². The molecule has 0 spiro atoms. The first-order valence-electron chi connectivity index (χ1n) is 8.02. The van der Waals surface area contributed by atoms with Gasteiger partial charge in [-0.3, -0.25) is 10.2 Å². The van der Waals surface area contributed by atoms with Gasteiger partial charge in [-0.25, -0.2) is 14.8 Å². The van der Waals surface area contributed by atoms with Gasteiger partial charge in [0.05, 0.1) is 39.2 Å². The molecule has 4 rings (SSSR count). The number of halogens is 1. The van der Waals surface area contributed by atoms with E-state index in [2.05, 4.69) is 57.7 Å². The highest BCUT2D eigenvalue weighted by atomic mass is 127. The number of carbonyl (C=O) groups is 1. The summed E-state index contributed by atoms with van der Waals surface area (Å²) in [6, 6.07) is 3.49. The van der Waals surface area contributed by atoms with Gasteiger partial charge < -0.3 is 19.3 Å². The first-order chi connectivity index (χ1) is 14.1. The third kappa shape index (κ3) is 5.08. The predicted octanol–water partition coefficient (Wildman–Crippen LogP) is 1.93. The molecule has 0 saturated carbocycles. The van der Waals surface area contributed by atoms with Crippen molar-refractivity contribution in [3.8, 4) is 11.8 Å². The topological polar surface area (TPSA) is 148 Å². The quantitative estimate of drug-likeness (QED) is 0.276. The molecule has 0 saturated heterocycles. The number of hydrogen-bond acceptors (Lipinski definition) is 9. The Morgan fingerprint density at radius 3 is 2.21 bits per heavy atom. The molecule has 29 heavy (non-hydrogen) atoms. The SMILES string of the molecule is CO.COC(=O)c1n[nH]c2cnc(OC)cc12.COc1cc2c(I)[nH]nc2cn1. The van der Waals surface area contributed by atoms with Crippen molar-refractivity contribution in [1.29, 1.82) is 0 Å². The molecule has 12 heteroatoms. The van der Waals surface area contributed by atoms with Crippen LogP contribution in [0, 0.1) is 3.70 Å². The Hall–Kier alpha value is -3.00. The fourth-order valence-corrected chi connectivity index (χ4v) is 2.79. The number of nitrogens with one attached hydrogen (secondary N) is 2. The van der Waals surface area contributed by atoms with Crippen LogP contribution in [0.1, 0.15) is 10.5 Å². The largest absolute Gasteiger partial charge is 0.481 e. The maximum Gasteiger partial charge on any atom is 0.359 e. The molecule has 0 bridgehead atoms. The third-order valence-electron chi connectivity index (χ3n) is 3.59. The minimum atomic E-state index is -0.491. The normalized spacial score (nSPS) is 9.86. The Bertz CT molecular complexity index is 1100. The van der Waals surface area contributed by atoms with Crippen molar-refractivity contribution < 1.29 is 24.1 Å². The van der Waals surface area contributed by atoms with Gasteiger partial charge in [-0.1, -0.05) is 0 Å².